The molecular formula is C10H18ClN9O2S3. The molecule has 0 fully saturated rings. The Morgan fingerprint density at radius 3 is 2.88 bits per heavy atom. The van der Waals surface area contributed by atoms with E-state index in [1.807, 2.05) is 5.38 Å². The summed E-state index contributed by atoms with van der Waals surface area (Å²) in [5.74, 6) is 1.25. The summed E-state index contributed by atoms with van der Waals surface area (Å²) in [6.45, 7) is 0.499. The Bertz CT molecular complexity index is 776. The van der Waals surface area contributed by atoms with Crippen molar-refractivity contribution in [3.63, 3.8) is 0 Å². The number of halogens is 1. The summed E-state index contributed by atoms with van der Waals surface area (Å²) in [7, 11) is -2.34. The molecule has 11 nitrogen and oxygen atoms in total. The predicted octanol–water partition coefficient (Wildman–Crippen LogP) is -0.446. The number of thioether (sulfide) groups is 1. The fourth-order valence-corrected chi connectivity index (χ4v) is 3.97. The smallest absolute Gasteiger partial charge is 0.369 e. The molecule has 1 aliphatic heterocycles. The second kappa shape index (κ2) is 9.07. The summed E-state index contributed by atoms with van der Waals surface area (Å²) in [4.78, 5) is 5.65. The Kier molecular flexibility index (Phi) is 7.72. The highest BCUT2D eigenvalue weighted by Crippen LogP contribution is 2.19. The number of nitrogens with one attached hydrogen (secondary N) is 3. The molecule has 0 amide bonds. The molecule has 7 N–H and O–H groups in total. The van der Waals surface area contributed by atoms with Gasteiger partial charge in [-0.3, -0.25) is 10.3 Å². The van der Waals surface area contributed by atoms with Crippen LogP contribution in [0.3, 0.4) is 0 Å². The van der Waals surface area contributed by atoms with Crippen molar-refractivity contribution in [3.05, 3.63) is 11.1 Å². The van der Waals surface area contributed by atoms with Crippen LogP contribution >= 0.6 is 35.5 Å². The molecule has 1 aliphatic rings. The maximum atomic E-state index is 11.4. The average molecular weight is 428 g/mol. The lowest BCUT2D eigenvalue weighted by Crippen LogP contribution is -2.49. The molecule has 0 saturated carbocycles. The van der Waals surface area contributed by atoms with E-state index in [-0.39, 0.29) is 30.3 Å². The first-order chi connectivity index (χ1) is 11.3. The van der Waals surface area contributed by atoms with Crippen molar-refractivity contribution in [3.8, 4) is 0 Å². The van der Waals surface area contributed by atoms with Gasteiger partial charge in [-0.25, -0.2) is 4.98 Å². The van der Waals surface area contributed by atoms with Gasteiger partial charge >= 0.3 is 10.2 Å². The van der Waals surface area contributed by atoms with E-state index >= 15 is 0 Å². The normalized spacial score (nSPS) is 15.6. The SMILES string of the molecule is CN1C(N)=NS(=O)(=O)N=C1NCCSCc1csc(NC(=N)N)n1.Cl. The molecule has 0 unspecified atom stereocenters. The largest absolute Gasteiger partial charge is 0.370 e. The molecule has 15 heteroatoms. The summed E-state index contributed by atoms with van der Waals surface area (Å²) >= 11 is 2.99. The Hall–Kier alpha value is -1.77. The zero-order chi connectivity index (χ0) is 17.7. The summed E-state index contributed by atoms with van der Waals surface area (Å²) in [5.41, 5.74) is 11.6. The molecule has 0 radical (unpaired) electrons. The summed E-state index contributed by atoms with van der Waals surface area (Å²) in [6, 6.07) is 0. The van der Waals surface area contributed by atoms with Crippen LogP contribution in [0.5, 0.6) is 0 Å². The van der Waals surface area contributed by atoms with Gasteiger partial charge in [-0.1, -0.05) is 0 Å². The number of rotatable bonds is 6. The van der Waals surface area contributed by atoms with Crippen LogP contribution < -0.4 is 22.1 Å². The van der Waals surface area contributed by atoms with E-state index in [2.05, 4.69) is 24.4 Å². The Morgan fingerprint density at radius 1 is 1.48 bits per heavy atom. The van der Waals surface area contributed by atoms with Crippen molar-refractivity contribution in [2.24, 2.45) is 20.3 Å². The van der Waals surface area contributed by atoms with Crippen LogP contribution in [0.1, 0.15) is 5.69 Å². The minimum atomic E-state index is -3.91. The second-order valence-corrected chi connectivity index (χ2v) is 7.76. The highest BCUT2D eigenvalue weighted by molar-refractivity contribution is 7.98. The molecule has 140 valence electrons. The van der Waals surface area contributed by atoms with Gasteiger partial charge in [0.15, 0.2) is 11.1 Å². The molecule has 0 saturated heterocycles. The lowest BCUT2D eigenvalue weighted by molar-refractivity contribution is 0.591. The molecule has 0 aromatic carbocycles. The van der Waals surface area contributed by atoms with E-state index in [0.29, 0.717) is 23.2 Å². The minimum Gasteiger partial charge on any atom is -0.370 e. The van der Waals surface area contributed by atoms with Gasteiger partial charge in [0.1, 0.15) is 0 Å². The molecular weight excluding hydrogens is 410 g/mol. The number of aromatic nitrogens is 1. The van der Waals surface area contributed by atoms with E-state index in [0.717, 1.165) is 5.69 Å². The van der Waals surface area contributed by atoms with Gasteiger partial charge < -0.3 is 22.1 Å². The molecule has 2 heterocycles. The average Bonchev–Trinajstić information content (AvgIpc) is 2.89. The molecule has 25 heavy (non-hydrogen) atoms. The number of hydrogen-bond acceptors (Lipinski definition) is 9. The van der Waals surface area contributed by atoms with Gasteiger partial charge in [0.25, 0.3) is 0 Å². The van der Waals surface area contributed by atoms with Crippen molar-refractivity contribution in [1.29, 1.82) is 5.41 Å². The number of nitrogens with two attached hydrogens (primary N) is 2. The van der Waals surface area contributed by atoms with E-state index in [1.54, 1.807) is 18.8 Å². The zero-order valence-corrected chi connectivity index (χ0v) is 16.4. The molecule has 0 atom stereocenters. The Labute approximate surface area is 159 Å². The van der Waals surface area contributed by atoms with Gasteiger partial charge in [-0.2, -0.15) is 20.2 Å². The van der Waals surface area contributed by atoms with Crippen LogP contribution in [0.4, 0.5) is 5.13 Å². The summed E-state index contributed by atoms with van der Waals surface area (Å²) < 4.78 is 29.6. The van der Waals surface area contributed by atoms with Gasteiger partial charge in [0, 0.05) is 30.5 Å². The quantitative estimate of drug-likeness (QED) is 0.228. The standard InChI is InChI=1S/C10H17N9O2S3.ClH/c1-19-8(13)17-24(20,21)18-9(19)14-2-3-22-4-6-5-23-10(15-6)16-7(11)12;/h5H,2-4H2,1H3,(H2,13,17)(H,14,18)(H4,11,12,15,16);1H. The van der Waals surface area contributed by atoms with Crippen molar-refractivity contribution in [1.82, 2.24) is 15.2 Å². The lowest BCUT2D eigenvalue weighted by atomic mass is 10.6. The van der Waals surface area contributed by atoms with E-state index in [9.17, 15) is 8.42 Å². The van der Waals surface area contributed by atoms with Crippen LogP contribution in [-0.2, 0) is 16.0 Å². The van der Waals surface area contributed by atoms with Crippen LogP contribution in [0.15, 0.2) is 14.2 Å². The third-order valence-electron chi connectivity index (χ3n) is 2.64. The van der Waals surface area contributed by atoms with Gasteiger partial charge in [0.2, 0.25) is 11.9 Å². The fraction of sp³-hybridized carbons (Fsp3) is 0.400. The van der Waals surface area contributed by atoms with Crippen molar-refractivity contribution in [2.75, 3.05) is 24.7 Å². The predicted molar refractivity (Wildman–Crippen MR) is 105 cm³/mol. The maximum Gasteiger partial charge on any atom is 0.369 e. The minimum absolute atomic E-state index is 0. The van der Waals surface area contributed by atoms with Crippen molar-refractivity contribution < 1.29 is 8.42 Å². The molecule has 1 aromatic rings. The highest BCUT2D eigenvalue weighted by atomic mass is 35.5. The first-order valence-corrected chi connectivity index (χ1v) is 10.0. The fourth-order valence-electron chi connectivity index (χ4n) is 1.59. The number of guanidine groups is 3. The van der Waals surface area contributed by atoms with Gasteiger partial charge in [-0.05, 0) is 0 Å². The second-order valence-electron chi connectivity index (χ2n) is 4.53. The maximum absolute atomic E-state index is 11.4. The number of hydrogen-bond donors (Lipinski definition) is 5. The molecule has 2 rings (SSSR count). The van der Waals surface area contributed by atoms with Crippen LogP contribution in [0.2, 0.25) is 0 Å². The Balaban J connectivity index is 0.00000312. The zero-order valence-electron chi connectivity index (χ0n) is 13.1. The van der Waals surface area contributed by atoms with Crippen LogP contribution in [-0.4, -0.2) is 55.5 Å². The van der Waals surface area contributed by atoms with Crippen molar-refractivity contribution >= 4 is 68.7 Å². The third kappa shape index (κ3) is 6.56. The van der Waals surface area contributed by atoms with Crippen LogP contribution in [0, 0.1) is 5.41 Å². The van der Waals surface area contributed by atoms with E-state index in [1.165, 1.54) is 16.2 Å². The first-order valence-electron chi connectivity index (χ1n) is 6.58. The summed E-state index contributed by atoms with van der Waals surface area (Å²) in [5, 5.41) is 15.1. The first kappa shape index (κ1) is 21.3. The molecule has 0 spiro atoms. The number of anilines is 1. The highest BCUT2D eigenvalue weighted by Gasteiger charge is 2.22. The van der Waals surface area contributed by atoms with E-state index < -0.39 is 10.2 Å². The van der Waals surface area contributed by atoms with E-state index in [4.69, 9.17) is 16.9 Å². The Morgan fingerprint density at radius 2 is 2.20 bits per heavy atom. The van der Waals surface area contributed by atoms with Crippen molar-refractivity contribution in [2.45, 2.75) is 5.75 Å². The summed E-state index contributed by atoms with van der Waals surface area (Å²) in [6.07, 6.45) is 0. The molecule has 0 aliphatic carbocycles. The topological polar surface area (TPSA) is 175 Å². The number of thiazole rings is 1. The van der Waals surface area contributed by atoms with Crippen LogP contribution in [0.25, 0.3) is 0 Å². The monoisotopic (exact) mass is 427 g/mol. The number of nitrogens with zero attached hydrogens (tertiary/aromatic N) is 4. The van der Waals surface area contributed by atoms with Gasteiger partial charge in [-0.15, -0.1) is 32.5 Å². The lowest BCUT2D eigenvalue weighted by Gasteiger charge is -2.23. The van der Waals surface area contributed by atoms with Gasteiger partial charge in [0.05, 0.1) is 5.69 Å². The molecule has 0 bridgehead atoms. The third-order valence-corrected chi connectivity index (χ3v) is 5.27. The molecule has 1 aromatic heterocycles.